The lowest BCUT2D eigenvalue weighted by Crippen LogP contribution is -2.20. The number of halogens is 1. The van der Waals surface area contributed by atoms with Crippen molar-refractivity contribution in [2.24, 2.45) is 0 Å². The molecule has 1 heterocycles. The summed E-state index contributed by atoms with van der Waals surface area (Å²) in [6.45, 7) is 0. The van der Waals surface area contributed by atoms with Gasteiger partial charge in [0.2, 0.25) is 10.0 Å². The molecule has 1 aliphatic heterocycles. The molecule has 74 valence electrons. The summed E-state index contributed by atoms with van der Waals surface area (Å²) >= 11 is 0. The Balaban J connectivity index is 2.78. The van der Waals surface area contributed by atoms with Gasteiger partial charge in [-0.05, 0) is 11.6 Å². The molecule has 1 unspecified atom stereocenters. The van der Waals surface area contributed by atoms with E-state index in [1.165, 1.54) is 12.1 Å². The van der Waals surface area contributed by atoms with Crippen molar-refractivity contribution in [3.05, 3.63) is 29.6 Å². The van der Waals surface area contributed by atoms with E-state index < -0.39 is 21.9 Å². The maximum Gasteiger partial charge on any atom is 0.244 e. The van der Waals surface area contributed by atoms with E-state index in [1.54, 1.807) is 0 Å². The van der Waals surface area contributed by atoms with E-state index in [-0.39, 0.29) is 4.90 Å². The average molecular weight is 214 g/mol. The molecule has 1 aromatic rings. The van der Waals surface area contributed by atoms with Crippen LogP contribution in [0, 0.1) is 11.2 Å². The van der Waals surface area contributed by atoms with Gasteiger partial charge in [-0.1, -0.05) is 12.1 Å². The summed E-state index contributed by atoms with van der Waals surface area (Å²) in [6, 6.07) is 3.26. The van der Waals surface area contributed by atoms with Gasteiger partial charge in [-0.3, -0.25) is 0 Å². The van der Waals surface area contributed by atoms with Crippen LogP contribution in [0.3, 0.4) is 0 Å². The molecular formula is C8H7FN2O2S. The third-order valence-electron chi connectivity index (χ3n) is 2.05. The normalized spacial score (nSPS) is 23.1. The van der Waals surface area contributed by atoms with Crippen molar-refractivity contribution < 1.29 is 12.8 Å². The van der Waals surface area contributed by atoms with E-state index in [1.807, 2.05) is 0 Å². The van der Waals surface area contributed by atoms with Crippen LogP contribution < -0.4 is 4.72 Å². The second-order valence-electron chi connectivity index (χ2n) is 2.92. The van der Waals surface area contributed by atoms with Crippen LogP contribution in [0.5, 0.6) is 0 Å². The first-order valence-corrected chi connectivity index (χ1v) is 5.36. The summed E-state index contributed by atoms with van der Waals surface area (Å²) in [4.78, 5) is -0.339. The Labute approximate surface area is 80.3 Å². The molecule has 2 N–H and O–H groups in total. The molecule has 14 heavy (non-hydrogen) atoms. The van der Waals surface area contributed by atoms with Crippen molar-refractivity contribution in [3.63, 3.8) is 0 Å². The van der Waals surface area contributed by atoms with Gasteiger partial charge in [0.05, 0.1) is 6.04 Å². The van der Waals surface area contributed by atoms with E-state index in [4.69, 9.17) is 5.41 Å². The van der Waals surface area contributed by atoms with Gasteiger partial charge in [0.25, 0.3) is 0 Å². The van der Waals surface area contributed by atoms with Crippen molar-refractivity contribution in [2.75, 3.05) is 0 Å². The van der Waals surface area contributed by atoms with E-state index >= 15 is 0 Å². The molecule has 0 fully saturated rings. The Morgan fingerprint density at radius 2 is 2.21 bits per heavy atom. The van der Waals surface area contributed by atoms with Gasteiger partial charge < -0.3 is 5.41 Å². The van der Waals surface area contributed by atoms with Crippen LogP contribution in [-0.4, -0.2) is 14.6 Å². The molecule has 0 aromatic heterocycles. The minimum Gasteiger partial charge on any atom is -0.311 e. The molecule has 0 bridgehead atoms. The monoisotopic (exact) mass is 214 g/mol. The van der Waals surface area contributed by atoms with Crippen LogP contribution in [0.25, 0.3) is 0 Å². The van der Waals surface area contributed by atoms with Gasteiger partial charge in [0, 0.05) is 6.21 Å². The quantitative estimate of drug-likeness (QED) is 0.679. The fourth-order valence-corrected chi connectivity index (χ4v) is 2.94. The van der Waals surface area contributed by atoms with Crippen LogP contribution >= 0.6 is 0 Å². The van der Waals surface area contributed by atoms with Crippen LogP contribution in [-0.2, 0) is 10.0 Å². The molecular weight excluding hydrogens is 207 g/mol. The Morgan fingerprint density at radius 3 is 2.86 bits per heavy atom. The molecule has 4 nitrogen and oxygen atoms in total. The highest BCUT2D eigenvalue weighted by molar-refractivity contribution is 7.89. The second-order valence-corrected chi connectivity index (χ2v) is 4.57. The summed E-state index contributed by atoms with van der Waals surface area (Å²) < 4.78 is 38.2. The Hall–Kier alpha value is -1.27. The predicted molar refractivity (Wildman–Crippen MR) is 48.2 cm³/mol. The SMILES string of the molecule is N=CC1NS(=O)(=O)c2c(F)cccc21. The molecule has 1 aromatic carbocycles. The number of benzene rings is 1. The van der Waals surface area contributed by atoms with Gasteiger partial charge in [0.15, 0.2) is 0 Å². The van der Waals surface area contributed by atoms with Crippen LogP contribution in [0.4, 0.5) is 4.39 Å². The molecule has 1 aliphatic rings. The zero-order chi connectivity index (χ0) is 10.3. The first-order valence-electron chi connectivity index (χ1n) is 3.87. The summed E-state index contributed by atoms with van der Waals surface area (Å²) in [5.41, 5.74) is 0.292. The number of sulfonamides is 1. The molecule has 6 heteroatoms. The lowest BCUT2D eigenvalue weighted by molar-refractivity contribution is 0.567. The number of hydrogen-bond acceptors (Lipinski definition) is 3. The largest absolute Gasteiger partial charge is 0.311 e. The summed E-state index contributed by atoms with van der Waals surface area (Å²) in [6.07, 6.45) is 0.933. The standard InChI is InChI=1S/C8H7FN2O2S/c9-6-3-1-2-5-7(4-10)11-14(12,13)8(5)6/h1-4,7,10-11H. The van der Waals surface area contributed by atoms with Crippen molar-refractivity contribution >= 4 is 16.2 Å². The van der Waals surface area contributed by atoms with Crippen molar-refractivity contribution in [2.45, 2.75) is 10.9 Å². The lowest BCUT2D eigenvalue weighted by Gasteiger charge is -2.00. The minimum atomic E-state index is -3.77. The van der Waals surface area contributed by atoms with Crippen molar-refractivity contribution in [1.82, 2.24) is 4.72 Å². The van der Waals surface area contributed by atoms with Gasteiger partial charge in [0.1, 0.15) is 10.7 Å². The van der Waals surface area contributed by atoms with E-state index in [0.717, 1.165) is 12.3 Å². The lowest BCUT2D eigenvalue weighted by atomic mass is 10.1. The molecule has 0 aliphatic carbocycles. The fraction of sp³-hybridized carbons (Fsp3) is 0.125. The average Bonchev–Trinajstić information content (AvgIpc) is 2.39. The summed E-state index contributed by atoms with van der Waals surface area (Å²) in [5.74, 6) is -0.778. The number of rotatable bonds is 1. The Bertz CT molecular complexity index is 498. The number of fused-ring (bicyclic) bond motifs is 1. The second kappa shape index (κ2) is 2.86. The fourth-order valence-electron chi connectivity index (χ4n) is 1.47. The molecule has 1 atom stereocenters. The van der Waals surface area contributed by atoms with Crippen LogP contribution in [0.2, 0.25) is 0 Å². The van der Waals surface area contributed by atoms with Crippen molar-refractivity contribution in [3.8, 4) is 0 Å². The van der Waals surface area contributed by atoms with E-state index in [2.05, 4.69) is 4.72 Å². The number of hydrogen-bond donors (Lipinski definition) is 2. The summed E-state index contributed by atoms with van der Waals surface area (Å²) in [5, 5.41) is 7.00. The Kier molecular flexibility index (Phi) is 1.90. The third-order valence-corrected chi connectivity index (χ3v) is 3.58. The molecule has 0 spiro atoms. The predicted octanol–water partition coefficient (Wildman–Crippen LogP) is 0.808. The van der Waals surface area contributed by atoms with E-state index in [0.29, 0.717) is 5.56 Å². The van der Waals surface area contributed by atoms with Gasteiger partial charge in [-0.2, -0.15) is 4.72 Å². The smallest absolute Gasteiger partial charge is 0.244 e. The third kappa shape index (κ3) is 1.15. The maximum atomic E-state index is 13.2. The highest BCUT2D eigenvalue weighted by Crippen LogP contribution is 2.31. The maximum absolute atomic E-state index is 13.2. The first-order chi connectivity index (χ1) is 6.56. The zero-order valence-corrected chi connectivity index (χ0v) is 7.81. The van der Waals surface area contributed by atoms with E-state index in [9.17, 15) is 12.8 Å². The first kappa shape index (κ1) is 9.29. The Morgan fingerprint density at radius 1 is 1.50 bits per heavy atom. The topological polar surface area (TPSA) is 70.0 Å². The van der Waals surface area contributed by atoms with Crippen molar-refractivity contribution in [1.29, 1.82) is 5.41 Å². The molecule has 0 saturated carbocycles. The minimum absolute atomic E-state index is 0.292. The molecule has 0 radical (unpaired) electrons. The highest BCUT2D eigenvalue weighted by atomic mass is 32.2. The van der Waals surface area contributed by atoms with Gasteiger partial charge >= 0.3 is 0 Å². The molecule has 0 saturated heterocycles. The van der Waals surface area contributed by atoms with Crippen LogP contribution in [0.15, 0.2) is 23.1 Å². The number of nitrogens with one attached hydrogen (secondary N) is 2. The van der Waals surface area contributed by atoms with Gasteiger partial charge in [-0.25, -0.2) is 12.8 Å². The summed E-state index contributed by atoms with van der Waals surface area (Å²) in [7, 11) is -3.77. The van der Waals surface area contributed by atoms with Gasteiger partial charge in [-0.15, -0.1) is 0 Å². The van der Waals surface area contributed by atoms with Crippen LogP contribution in [0.1, 0.15) is 11.6 Å². The highest BCUT2D eigenvalue weighted by Gasteiger charge is 2.35. The zero-order valence-electron chi connectivity index (χ0n) is 6.99. The molecule has 0 amide bonds. The molecule has 2 rings (SSSR count).